The van der Waals surface area contributed by atoms with E-state index in [0.29, 0.717) is 39.6 Å². The second kappa shape index (κ2) is 11.1. The second-order valence-electron chi connectivity index (χ2n) is 8.78. The van der Waals surface area contributed by atoms with Crippen LogP contribution in [0.25, 0.3) is 0 Å². The number of benzene rings is 3. The quantitative estimate of drug-likeness (QED) is 0.193. The van der Waals surface area contributed by atoms with Crippen molar-refractivity contribution in [1.82, 2.24) is 10.7 Å². The first-order valence-electron chi connectivity index (χ1n) is 11.9. The minimum absolute atomic E-state index is 0.0650. The molecule has 0 spiro atoms. The minimum atomic E-state index is -0.0733. The summed E-state index contributed by atoms with van der Waals surface area (Å²) in [6.07, 6.45) is 1.61. The number of rotatable bonds is 8. The Labute approximate surface area is 225 Å². The Hall–Kier alpha value is -5.04. The molecule has 0 bridgehead atoms. The molecule has 4 rings (SSSR count). The lowest BCUT2D eigenvalue weighted by Gasteiger charge is -2.37. The van der Waals surface area contributed by atoms with E-state index in [2.05, 4.69) is 10.5 Å². The van der Waals surface area contributed by atoms with Crippen molar-refractivity contribution in [3.8, 4) is 0 Å². The van der Waals surface area contributed by atoms with Gasteiger partial charge in [0.1, 0.15) is 5.82 Å². The van der Waals surface area contributed by atoms with Gasteiger partial charge in [-0.3, -0.25) is 24.4 Å². The van der Waals surface area contributed by atoms with Gasteiger partial charge in [-0.1, -0.05) is 5.23 Å². The molecule has 0 fully saturated rings. The third kappa shape index (κ3) is 5.93. The number of Topliss-reactive ketones (excluding diaryl/α,β-unsaturated/α-hetero) is 3. The number of anilines is 3. The largest absolute Gasteiger partial charge is 0.295 e. The first kappa shape index (κ1) is 27.0. The van der Waals surface area contributed by atoms with Gasteiger partial charge in [0.15, 0.2) is 23.2 Å². The molecule has 0 radical (unpaired) electrons. The molecule has 1 aliphatic rings. The maximum Gasteiger partial charge on any atom is 0.175 e. The van der Waals surface area contributed by atoms with E-state index in [4.69, 9.17) is 17.5 Å². The van der Waals surface area contributed by atoms with Crippen molar-refractivity contribution >= 4 is 40.2 Å². The molecule has 1 aliphatic heterocycles. The third-order valence-electron chi connectivity index (χ3n) is 6.03. The van der Waals surface area contributed by atoms with Crippen molar-refractivity contribution in [2.75, 3.05) is 15.1 Å². The highest BCUT2D eigenvalue weighted by atomic mass is 16.1. The van der Waals surface area contributed by atoms with Crippen LogP contribution in [0, 0.1) is 0 Å². The lowest BCUT2D eigenvalue weighted by atomic mass is 10.1. The number of carbonyl (C=O) groups is 3. The highest BCUT2D eigenvalue weighted by Crippen LogP contribution is 2.22. The van der Waals surface area contributed by atoms with Gasteiger partial charge in [0.05, 0.1) is 17.1 Å². The number of nitrogens with one attached hydrogen (secondary N) is 1. The van der Waals surface area contributed by atoms with Gasteiger partial charge in [-0.25, -0.2) is 23.0 Å². The van der Waals surface area contributed by atoms with Crippen molar-refractivity contribution in [3.05, 3.63) is 101 Å². The summed E-state index contributed by atoms with van der Waals surface area (Å²) in [6.45, 7) is 4.45. The lowest BCUT2D eigenvalue weighted by molar-refractivity contribution is 0.100. The molecule has 12 nitrogen and oxygen atoms in total. The number of ketones is 3. The molecule has 0 unspecified atom stereocenters. The monoisotopic (exact) mass is 527 g/mol. The number of amidine groups is 1. The van der Waals surface area contributed by atoms with Crippen LogP contribution in [0.1, 0.15) is 51.8 Å². The molecule has 7 N–H and O–H groups in total. The Bertz CT molecular complexity index is 1450. The number of nitrogens with two attached hydrogens (primary N) is 3. The van der Waals surface area contributed by atoms with Crippen LogP contribution < -0.4 is 38.1 Å². The Morgan fingerprint density at radius 1 is 0.641 bits per heavy atom. The molecular weight excluding hydrogens is 498 g/mol. The Kier molecular flexibility index (Phi) is 7.72. The van der Waals surface area contributed by atoms with Crippen LogP contribution in [0.5, 0.6) is 0 Å². The zero-order valence-corrected chi connectivity index (χ0v) is 21.7. The Morgan fingerprint density at radius 2 is 1.03 bits per heavy atom. The van der Waals surface area contributed by atoms with E-state index in [1.54, 1.807) is 78.9 Å². The van der Waals surface area contributed by atoms with Crippen LogP contribution in [0.2, 0.25) is 0 Å². The fraction of sp³-hybridized carbons (Fsp3) is 0.111. The lowest BCUT2D eigenvalue weighted by Crippen LogP contribution is -2.58. The van der Waals surface area contributed by atoms with E-state index in [9.17, 15) is 14.4 Å². The van der Waals surface area contributed by atoms with Crippen molar-refractivity contribution < 1.29 is 14.4 Å². The van der Waals surface area contributed by atoms with Gasteiger partial charge in [0.2, 0.25) is 0 Å². The molecule has 0 aliphatic carbocycles. The van der Waals surface area contributed by atoms with Gasteiger partial charge < -0.3 is 0 Å². The average molecular weight is 528 g/mol. The zero-order valence-electron chi connectivity index (χ0n) is 21.7. The molecule has 39 heavy (non-hydrogen) atoms. The number of nitrogens with zero attached hydrogens (tertiary/aromatic N) is 5. The second-order valence-corrected chi connectivity index (χ2v) is 8.78. The molecule has 0 atom stereocenters. The number of hydrazone groups is 1. The van der Waals surface area contributed by atoms with E-state index >= 15 is 0 Å². The number of hydrazine groups is 5. The molecule has 3 aromatic rings. The molecular formula is C27H29N9O3. The number of hydrogen-bond acceptors (Lipinski definition) is 12. The number of hydrogen-bond donors (Lipinski definition) is 4. The smallest absolute Gasteiger partial charge is 0.175 e. The highest BCUT2D eigenvalue weighted by Gasteiger charge is 2.24. The predicted octanol–water partition coefficient (Wildman–Crippen LogP) is 2.63. The zero-order chi connectivity index (χ0) is 28.3. The van der Waals surface area contributed by atoms with Crippen LogP contribution in [0.3, 0.4) is 0 Å². The third-order valence-corrected chi connectivity index (χ3v) is 6.03. The van der Waals surface area contributed by atoms with Crippen molar-refractivity contribution in [3.63, 3.8) is 0 Å². The number of carbonyl (C=O) groups excluding carboxylic acids is 3. The van der Waals surface area contributed by atoms with Crippen molar-refractivity contribution in [2.24, 2.45) is 22.6 Å². The van der Waals surface area contributed by atoms with Crippen LogP contribution in [0.4, 0.5) is 17.1 Å². The van der Waals surface area contributed by atoms with Gasteiger partial charge in [-0.2, -0.15) is 5.12 Å². The standard InChI is InChI=1S/C27H29N9O3/c1-17(37)20-4-10-23(11-5-20)33(28)26-16-27(34(29)24-12-6-21(7-13-24)18(2)38)32-36(31-26)35(30)25-14-8-22(9-15-25)19(3)39/h4-16,31H,28-30H2,1-3H3. The van der Waals surface area contributed by atoms with Crippen LogP contribution in [-0.4, -0.2) is 28.4 Å². The van der Waals surface area contributed by atoms with Gasteiger partial charge in [-0.15, -0.1) is 5.10 Å². The van der Waals surface area contributed by atoms with E-state index in [-0.39, 0.29) is 23.2 Å². The first-order chi connectivity index (χ1) is 18.5. The maximum absolute atomic E-state index is 11.7. The summed E-state index contributed by atoms with van der Waals surface area (Å²) in [5, 5.41) is 9.64. The predicted molar refractivity (Wildman–Crippen MR) is 150 cm³/mol. The van der Waals surface area contributed by atoms with Gasteiger partial charge >= 0.3 is 0 Å². The fourth-order valence-electron chi connectivity index (χ4n) is 3.69. The normalized spacial score (nSPS) is 12.6. The van der Waals surface area contributed by atoms with Gasteiger partial charge in [0, 0.05) is 22.8 Å². The SMILES string of the molecule is CC(=O)c1ccc(N(N)C2=CC(N(N)c3ccc(C(C)=O)cc3)=NN(N(N)c3ccc(C(C)=O)cc3)N2)cc1. The molecule has 0 saturated carbocycles. The van der Waals surface area contributed by atoms with Gasteiger partial charge in [0.25, 0.3) is 0 Å². The Morgan fingerprint density at radius 3 is 1.44 bits per heavy atom. The highest BCUT2D eigenvalue weighted by molar-refractivity contribution is 6.06. The summed E-state index contributed by atoms with van der Waals surface area (Å²) in [4.78, 5) is 35.0. The van der Waals surface area contributed by atoms with Crippen LogP contribution in [0.15, 0.2) is 89.8 Å². The summed E-state index contributed by atoms with van der Waals surface area (Å²) < 4.78 is 0. The fourth-order valence-corrected chi connectivity index (χ4v) is 3.69. The average Bonchev–Trinajstić information content (AvgIpc) is 2.95. The molecule has 1 heterocycles. The summed E-state index contributed by atoms with van der Waals surface area (Å²) in [5.41, 5.74) is 6.30. The molecule has 0 amide bonds. The summed E-state index contributed by atoms with van der Waals surface area (Å²) in [7, 11) is 0. The van der Waals surface area contributed by atoms with Gasteiger partial charge in [-0.05, 0) is 93.6 Å². The summed E-state index contributed by atoms with van der Waals surface area (Å²) >= 11 is 0. The van der Waals surface area contributed by atoms with Crippen molar-refractivity contribution in [1.29, 1.82) is 0 Å². The summed E-state index contributed by atoms with van der Waals surface area (Å²) in [5.74, 6) is 19.7. The van der Waals surface area contributed by atoms with Crippen LogP contribution in [-0.2, 0) is 0 Å². The molecule has 3 aromatic carbocycles. The topological polar surface area (TPSA) is 167 Å². The molecule has 0 aromatic heterocycles. The van der Waals surface area contributed by atoms with E-state index < -0.39 is 0 Å². The molecule has 200 valence electrons. The molecule has 0 saturated heterocycles. The van der Waals surface area contributed by atoms with Crippen LogP contribution >= 0.6 is 0 Å². The van der Waals surface area contributed by atoms with E-state index in [0.717, 1.165) is 0 Å². The van der Waals surface area contributed by atoms with E-state index in [1.807, 2.05) is 0 Å². The van der Waals surface area contributed by atoms with E-state index in [1.165, 1.54) is 41.1 Å². The minimum Gasteiger partial charge on any atom is -0.295 e. The summed E-state index contributed by atoms with van der Waals surface area (Å²) in [6, 6.07) is 20.1. The van der Waals surface area contributed by atoms with Crippen molar-refractivity contribution in [2.45, 2.75) is 20.8 Å². The maximum atomic E-state index is 11.7. The molecule has 12 heteroatoms. The first-order valence-corrected chi connectivity index (χ1v) is 11.9. The Balaban J connectivity index is 1.69.